The van der Waals surface area contributed by atoms with Gasteiger partial charge in [-0.3, -0.25) is 0 Å². The standard InChI is InChI=1S/C12H14O2S/c1-15-10-8-12(13)14-9-7-11-5-3-2-4-6-11/h2-6,8,10H,7,9H2,1H3/b10-8+. The number of rotatable bonds is 5. The fraction of sp³-hybridized carbons (Fsp3) is 0.250. The fourth-order valence-electron chi connectivity index (χ4n) is 1.09. The lowest BCUT2D eigenvalue weighted by Gasteiger charge is -2.01. The summed E-state index contributed by atoms with van der Waals surface area (Å²) in [7, 11) is 0. The molecule has 0 saturated carbocycles. The summed E-state index contributed by atoms with van der Waals surface area (Å²) < 4.78 is 5.01. The number of benzene rings is 1. The second-order valence-corrected chi connectivity index (χ2v) is 3.69. The Labute approximate surface area is 94.3 Å². The molecule has 0 spiro atoms. The van der Waals surface area contributed by atoms with Gasteiger partial charge < -0.3 is 4.74 Å². The first kappa shape index (κ1) is 11.9. The van der Waals surface area contributed by atoms with Gasteiger partial charge in [-0.2, -0.15) is 0 Å². The molecule has 1 aromatic carbocycles. The van der Waals surface area contributed by atoms with E-state index in [1.165, 1.54) is 23.4 Å². The summed E-state index contributed by atoms with van der Waals surface area (Å²) in [5.41, 5.74) is 1.18. The van der Waals surface area contributed by atoms with Crippen LogP contribution in [0.15, 0.2) is 41.8 Å². The summed E-state index contributed by atoms with van der Waals surface area (Å²) in [5, 5.41) is 1.71. The number of ether oxygens (including phenoxy) is 1. The average molecular weight is 222 g/mol. The number of hydrogen-bond acceptors (Lipinski definition) is 3. The molecule has 0 bridgehead atoms. The average Bonchev–Trinajstić information content (AvgIpc) is 2.28. The molecule has 0 atom stereocenters. The Morgan fingerprint density at radius 2 is 2.13 bits per heavy atom. The van der Waals surface area contributed by atoms with Crippen molar-refractivity contribution in [1.82, 2.24) is 0 Å². The summed E-state index contributed by atoms with van der Waals surface area (Å²) in [4.78, 5) is 11.1. The van der Waals surface area contributed by atoms with E-state index in [1.54, 1.807) is 5.41 Å². The highest BCUT2D eigenvalue weighted by molar-refractivity contribution is 8.01. The van der Waals surface area contributed by atoms with Crippen LogP contribution in [0.1, 0.15) is 5.56 Å². The smallest absolute Gasteiger partial charge is 0.331 e. The van der Waals surface area contributed by atoms with Crippen LogP contribution in [0, 0.1) is 0 Å². The first-order valence-electron chi connectivity index (χ1n) is 4.73. The minimum Gasteiger partial charge on any atom is -0.462 e. The topological polar surface area (TPSA) is 26.3 Å². The van der Waals surface area contributed by atoms with Crippen molar-refractivity contribution in [2.45, 2.75) is 6.42 Å². The van der Waals surface area contributed by atoms with Gasteiger partial charge in [-0.05, 0) is 17.2 Å². The van der Waals surface area contributed by atoms with E-state index in [1.807, 2.05) is 36.6 Å². The van der Waals surface area contributed by atoms with E-state index in [0.29, 0.717) is 6.61 Å². The minimum absolute atomic E-state index is 0.278. The molecule has 80 valence electrons. The zero-order chi connectivity index (χ0) is 10.9. The zero-order valence-electron chi connectivity index (χ0n) is 8.68. The molecule has 0 N–H and O–H groups in total. The Balaban J connectivity index is 2.22. The van der Waals surface area contributed by atoms with Gasteiger partial charge >= 0.3 is 5.97 Å². The Morgan fingerprint density at radius 1 is 1.40 bits per heavy atom. The second-order valence-electron chi connectivity index (χ2n) is 2.94. The van der Waals surface area contributed by atoms with E-state index in [2.05, 4.69) is 0 Å². The summed E-state index contributed by atoms with van der Waals surface area (Å²) >= 11 is 1.48. The molecule has 0 radical (unpaired) electrons. The molecule has 0 unspecified atom stereocenters. The highest BCUT2D eigenvalue weighted by Crippen LogP contribution is 2.00. The molecular formula is C12H14O2S. The number of carbonyl (C=O) groups is 1. The van der Waals surface area contributed by atoms with E-state index in [0.717, 1.165) is 6.42 Å². The fourth-order valence-corrected chi connectivity index (χ4v) is 1.33. The normalized spacial score (nSPS) is 10.5. The van der Waals surface area contributed by atoms with Crippen molar-refractivity contribution in [3.8, 4) is 0 Å². The molecule has 0 aromatic heterocycles. The minimum atomic E-state index is -0.278. The molecule has 2 nitrogen and oxygen atoms in total. The maximum absolute atomic E-state index is 11.1. The van der Waals surface area contributed by atoms with E-state index >= 15 is 0 Å². The first-order chi connectivity index (χ1) is 7.33. The molecule has 15 heavy (non-hydrogen) atoms. The maximum atomic E-state index is 11.1. The Bertz CT molecular complexity index is 320. The summed E-state index contributed by atoms with van der Waals surface area (Å²) in [6.45, 7) is 0.432. The Kier molecular flexibility index (Phi) is 5.63. The van der Waals surface area contributed by atoms with Crippen molar-refractivity contribution in [3.05, 3.63) is 47.4 Å². The zero-order valence-corrected chi connectivity index (χ0v) is 9.50. The van der Waals surface area contributed by atoms with E-state index < -0.39 is 0 Å². The molecule has 3 heteroatoms. The molecule has 0 heterocycles. The van der Waals surface area contributed by atoms with Crippen LogP contribution in [0.5, 0.6) is 0 Å². The van der Waals surface area contributed by atoms with Crippen LogP contribution in [0.2, 0.25) is 0 Å². The molecular weight excluding hydrogens is 208 g/mol. The third-order valence-corrected chi connectivity index (χ3v) is 2.23. The molecule has 1 aromatic rings. The first-order valence-corrected chi connectivity index (χ1v) is 6.02. The molecule has 0 saturated heterocycles. The SMILES string of the molecule is CS/C=C/C(=O)OCCc1ccccc1. The molecule has 1 rings (SSSR count). The van der Waals surface area contributed by atoms with Crippen molar-refractivity contribution in [2.24, 2.45) is 0 Å². The molecule has 0 aliphatic heterocycles. The monoisotopic (exact) mass is 222 g/mol. The molecule has 0 amide bonds. The van der Waals surface area contributed by atoms with E-state index in [4.69, 9.17) is 4.74 Å². The number of thioether (sulfide) groups is 1. The van der Waals surface area contributed by atoms with Crippen molar-refractivity contribution in [2.75, 3.05) is 12.9 Å². The summed E-state index contributed by atoms with van der Waals surface area (Å²) in [6.07, 6.45) is 4.10. The van der Waals surface area contributed by atoms with Crippen molar-refractivity contribution < 1.29 is 9.53 Å². The molecule has 0 aliphatic rings. The lowest BCUT2D eigenvalue weighted by atomic mass is 10.2. The lowest BCUT2D eigenvalue weighted by molar-refractivity contribution is -0.137. The van der Waals surface area contributed by atoms with Crippen LogP contribution >= 0.6 is 11.8 Å². The van der Waals surface area contributed by atoms with Gasteiger partial charge in [0.05, 0.1) is 6.61 Å². The van der Waals surface area contributed by atoms with Gasteiger partial charge in [0.25, 0.3) is 0 Å². The third-order valence-electron chi connectivity index (χ3n) is 1.82. The van der Waals surface area contributed by atoms with Gasteiger partial charge in [-0.15, -0.1) is 11.8 Å². The maximum Gasteiger partial charge on any atom is 0.331 e. The van der Waals surface area contributed by atoms with Crippen molar-refractivity contribution in [3.63, 3.8) is 0 Å². The van der Waals surface area contributed by atoms with Gasteiger partial charge in [0.1, 0.15) is 0 Å². The van der Waals surface area contributed by atoms with Gasteiger partial charge in [-0.25, -0.2) is 4.79 Å². The third kappa shape index (κ3) is 5.27. The van der Waals surface area contributed by atoms with Crippen LogP contribution in [0.25, 0.3) is 0 Å². The van der Waals surface area contributed by atoms with Gasteiger partial charge in [0, 0.05) is 12.5 Å². The van der Waals surface area contributed by atoms with E-state index in [9.17, 15) is 4.79 Å². The Morgan fingerprint density at radius 3 is 2.80 bits per heavy atom. The highest BCUT2D eigenvalue weighted by Gasteiger charge is 1.96. The van der Waals surface area contributed by atoms with Crippen molar-refractivity contribution >= 4 is 17.7 Å². The van der Waals surface area contributed by atoms with Crippen LogP contribution < -0.4 is 0 Å². The van der Waals surface area contributed by atoms with Crippen molar-refractivity contribution in [1.29, 1.82) is 0 Å². The van der Waals surface area contributed by atoms with Crippen LogP contribution in [0.3, 0.4) is 0 Å². The largest absolute Gasteiger partial charge is 0.462 e. The van der Waals surface area contributed by atoms with Crippen LogP contribution in [0.4, 0.5) is 0 Å². The lowest BCUT2D eigenvalue weighted by Crippen LogP contribution is -2.04. The van der Waals surface area contributed by atoms with Gasteiger partial charge in [-0.1, -0.05) is 30.3 Å². The van der Waals surface area contributed by atoms with Crippen LogP contribution in [-0.2, 0) is 16.0 Å². The number of carbonyl (C=O) groups excluding carboxylic acids is 1. The summed E-state index contributed by atoms with van der Waals surface area (Å²) in [6, 6.07) is 9.96. The molecule has 0 aliphatic carbocycles. The second kappa shape index (κ2) is 7.12. The van der Waals surface area contributed by atoms with Gasteiger partial charge in [0.15, 0.2) is 0 Å². The molecule has 0 fully saturated rings. The predicted octanol–water partition coefficient (Wildman–Crippen LogP) is 2.65. The van der Waals surface area contributed by atoms with Gasteiger partial charge in [0.2, 0.25) is 0 Å². The quantitative estimate of drug-likeness (QED) is 0.566. The van der Waals surface area contributed by atoms with Crippen LogP contribution in [-0.4, -0.2) is 18.8 Å². The number of esters is 1. The van der Waals surface area contributed by atoms with E-state index in [-0.39, 0.29) is 5.97 Å². The number of hydrogen-bond donors (Lipinski definition) is 0. The highest BCUT2D eigenvalue weighted by atomic mass is 32.2. The Hall–Kier alpha value is -1.22. The predicted molar refractivity (Wildman–Crippen MR) is 63.8 cm³/mol. The summed E-state index contributed by atoms with van der Waals surface area (Å²) in [5.74, 6) is -0.278.